The molecule has 0 atom stereocenters. The summed E-state index contributed by atoms with van der Waals surface area (Å²) in [7, 11) is 0. The minimum absolute atomic E-state index is 0.0310. The molecular weight excluding hydrogens is 316 g/mol. The van der Waals surface area contributed by atoms with Crippen molar-refractivity contribution in [2.75, 3.05) is 0 Å². The molecule has 0 saturated heterocycles. The summed E-state index contributed by atoms with van der Waals surface area (Å²) in [5, 5.41) is 20.9. The maximum Gasteiger partial charge on any atom is 0.362 e. The Morgan fingerprint density at radius 3 is 3.00 bits per heavy atom. The van der Waals surface area contributed by atoms with Gasteiger partial charge in [0.1, 0.15) is 5.82 Å². The first-order valence-corrected chi connectivity index (χ1v) is 8.27. The molecule has 0 aromatic carbocycles. The van der Waals surface area contributed by atoms with E-state index in [0.29, 0.717) is 15.8 Å². The molecule has 3 aromatic rings. The Labute approximate surface area is 135 Å². The lowest BCUT2D eigenvalue weighted by molar-refractivity contribution is -0.393. The second-order valence-electron chi connectivity index (χ2n) is 5.39. The number of aryl methyl sites for hydroxylation is 1. The van der Waals surface area contributed by atoms with E-state index in [9.17, 15) is 10.1 Å². The minimum atomic E-state index is -0.401. The summed E-state index contributed by atoms with van der Waals surface area (Å²) in [6.07, 6.45) is 5.90. The molecule has 3 aromatic heterocycles. The molecule has 0 unspecified atom stereocenters. The van der Waals surface area contributed by atoms with E-state index in [1.165, 1.54) is 22.6 Å². The third-order valence-corrected chi connectivity index (χ3v) is 4.86. The van der Waals surface area contributed by atoms with Crippen LogP contribution in [0.25, 0.3) is 5.65 Å². The average Bonchev–Trinajstić information content (AvgIpc) is 3.00. The molecule has 4 rings (SSSR count). The molecule has 1 aliphatic heterocycles. The second kappa shape index (κ2) is 5.65. The maximum atomic E-state index is 11.5. The van der Waals surface area contributed by atoms with Crippen LogP contribution in [-0.2, 0) is 13.0 Å². The number of fused-ring (bicyclic) bond motifs is 2. The molecule has 0 aliphatic carbocycles. The predicted octanol–water partition coefficient (Wildman–Crippen LogP) is 2.71. The zero-order chi connectivity index (χ0) is 15.8. The minimum Gasteiger partial charge on any atom is -0.358 e. The summed E-state index contributed by atoms with van der Waals surface area (Å²) >= 11 is 1.21. The van der Waals surface area contributed by atoms with Crippen LogP contribution >= 0.6 is 11.8 Å². The Hall–Kier alpha value is -2.42. The lowest BCUT2D eigenvalue weighted by atomic mass is 10.2. The number of hydrogen-bond acceptors (Lipinski definition) is 6. The first kappa shape index (κ1) is 14.2. The van der Waals surface area contributed by atoms with Crippen LogP contribution in [0.3, 0.4) is 0 Å². The van der Waals surface area contributed by atoms with Crippen molar-refractivity contribution in [1.29, 1.82) is 0 Å². The highest BCUT2D eigenvalue weighted by atomic mass is 32.2. The smallest absolute Gasteiger partial charge is 0.358 e. The molecule has 0 amide bonds. The van der Waals surface area contributed by atoms with Crippen molar-refractivity contribution >= 4 is 23.2 Å². The van der Waals surface area contributed by atoms with Crippen LogP contribution in [0.15, 0.2) is 34.6 Å². The second-order valence-corrected chi connectivity index (χ2v) is 6.35. The molecule has 118 valence electrons. The molecule has 0 fully saturated rings. The third-order valence-electron chi connectivity index (χ3n) is 3.91. The summed E-state index contributed by atoms with van der Waals surface area (Å²) in [6.45, 7) is 0.853. The number of pyridine rings is 1. The Bertz CT molecular complexity index is 887. The van der Waals surface area contributed by atoms with Crippen molar-refractivity contribution in [3.05, 3.63) is 40.3 Å². The summed E-state index contributed by atoms with van der Waals surface area (Å²) in [4.78, 5) is 15.4. The number of imidazole rings is 1. The monoisotopic (exact) mass is 330 g/mol. The summed E-state index contributed by atoms with van der Waals surface area (Å²) in [5.74, 6) is 0.924. The molecule has 23 heavy (non-hydrogen) atoms. The van der Waals surface area contributed by atoms with Crippen LogP contribution in [0.4, 0.5) is 5.82 Å². The highest BCUT2D eigenvalue weighted by Crippen LogP contribution is 2.34. The largest absolute Gasteiger partial charge is 0.362 e. The van der Waals surface area contributed by atoms with Gasteiger partial charge in [0, 0.05) is 19.0 Å². The van der Waals surface area contributed by atoms with Gasteiger partial charge in [-0.05, 0) is 35.6 Å². The van der Waals surface area contributed by atoms with Crippen molar-refractivity contribution < 1.29 is 4.92 Å². The average molecular weight is 330 g/mol. The van der Waals surface area contributed by atoms with E-state index in [1.54, 1.807) is 18.3 Å². The molecule has 0 spiro atoms. The highest BCUT2D eigenvalue weighted by molar-refractivity contribution is 7.99. The van der Waals surface area contributed by atoms with Gasteiger partial charge in [-0.1, -0.05) is 12.5 Å². The van der Waals surface area contributed by atoms with Gasteiger partial charge in [0.15, 0.2) is 5.16 Å². The number of hydrogen-bond donors (Lipinski definition) is 0. The molecule has 4 heterocycles. The van der Waals surface area contributed by atoms with Crippen molar-refractivity contribution in [2.24, 2.45) is 0 Å². The van der Waals surface area contributed by atoms with Crippen LogP contribution in [0.1, 0.15) is 25.1 Å². The lowest BCUT2D eigenvalue weighted by Gasteiger charge is -2.04. The fourth-order valence-electron chi connectivity index (χ4n) is 2.82. The Morgan fingerprint density at radius 2 is 2.13 bits per heavy atom. The first-order chi connectivity index (χ1) is 11.2. The van der Waals surface area contributed by atoms with Crippen molar-refractivity contribution in [2.45, 2.75) is 42.4 Å². The fraction of sp³-hybridized carbons (Fsp3) is 0.357. The van der Waals surface area contributed by atoms with Crippen molar-refractivity contribution in [3.63, 3.8) is 0 Å². The zero-order valence-corrected chi connectivity index (χ0v) is 13.1. The highest BCUT2D eigenvalue weighted by Gasteiger charge is 2.26. The van der Waals surface area contributed by atoms with Gasteiger partial charge in [-0.15, -0.1) is 10.2 Å². The summed E-state index contributed by atoms with van der Waals surface area (Å²) in [6, 6.07) is 5.31. The Morgan fingerprint density at radius 1 is 1.22 bits per heavy atom. The molecular formula is C14H14N6O2S. The normalized spacial score (nSPS) is 14.6. The third kappa shape index (κ3) is 2.46. The van der Waals surface area contributed by atoms with Gasteiger partial charge in [-0.25, -0.2) is 0 Å². The lowest BCUT2D eigenvalue weighted by Crippen LogP contribution is -2.02. The van der Waals surface area contributed by atoms with E-state index in [1.807, 2.05) is 6.07 Å². The predicted molar refractivity (Wildman–Crippen MR) is 83.5 cm³/mol. The number of rotatable bonds is 3. The van der Waals surface area contributed by atoms with Crippen molar-refractivity contribution in [3.8, 4) is 0 Å². The van der Waals surface area contributed by atoms with E-state index in [2.05, 4.69) is 19.7 Å². The van der Waals surface area contributed by atoms with Gasteiger partial charge in [-0.3, -0.25) is 0 Å². The van der Waals surface area contributed by atoms with Gasteiger partial charge in [-0.2, -0.15) is 9.38 Å². The van der Waals surface area contributed by atoms with Crippen LogP contribution in [0.2, 0.25) is 0 Å². The van der Waals surface area contributed by atoms with E-state index in [0.717, 1.165) is 31.6 Å². The molecule has 9 heteroatoms. The molecule has 0 bridgehead atoms. The summed E-state index contributed by atoms with van der Waals surface area (Å²) in [5.41, 5.74) is 0.553. The topological polar surface area (TPSA) is 91.1 Å². The number of aromatic nitrogens is 5. The van der Waals surface area contributed by atoms with E-state index < -0.39 is 4.92 Å². The molecule has 1 aliphatic rings. The fourth-order valence-corrected chi connectivity index (χ4v) is 3.78. The number of nitrogens with zero attached hydrogens (tertiary/aromatic N) is 6. The standard InChI is InChI=1S/C14H14N6O2S/c21-20(22)13-12(15-10-6-3-5-8-18(10)13)23-14-17-16-11-7-2-1-4-9-19(11)14/h3,5-6,8H,1-2,4,7,9H2. The van der Waals surface area contributed by atoms with Crippen molar-refractivity contribution in [1.82, 2.24) is 24.1 Å². The zero-order valence-electron chi connectivity index (χ0n) is 12.3. The van der Waals surface area contributed by atoms with Gasteiger partial charge in [0.05, 0.1) is 6.20 Å². The molecule has 0 saturated carbocycles. The van der Waals surface area contributed by atoms with Crippen LogP contribution in [-0.4, -0.2) is 29.1 Å². The Balaban J connectivity index is 1.77. The Kier molecular flexibility index (Phi) is 3.49. The van der Waals surface area contributed by atoms with Crippen LogP contribution < -0.4 is 0 Å². The van der Waals surface area contributed by atoms with E-state index >= 15 is 0 Å². The molecule has 0 N–H and O–H groups in total. The first-order valence-electron chi connectivity index (χ1n) is 7.45. The summed E-state index contributed by atoms with van der Waals surface area (Å²) < 4.78 is 3.55. The quantitative estimate of drug-likeness (QED) is 0.541. The maximum absolute atomic E-state index is 11.5. The van der Waals surface area contributed by atoms with E-state index in [4.69, 9.17) is 0 Å². The molecule has 0 radical (unpaired) electrons. The molecule has 8 nitrogen and oxygen atoms in total. The van der Waals surface area contributed by atoms with Crippen LogP contribution in [0.5, 0.6) is 0 Å². The van der Waals surface area contributed by atoms with Gasteiger partial charge < -0.3 is 14.7 Å². The van der Waals surface area contributed by atoms with Gasteiger partial charge >= 0.3 is 5.82 Å². The van der Waals surface area contributed by atoms with Gasteiger partial charge in [0.25, 0.3) is 0 Å². The number of nitro groups is 1. The van der Waals surface area contributed by atoms with Gasteiger partial charge in [0.2, 0.25) is 10.7 Å². The van der Waals surface area contributed by atoms with Crippen LogP contribution in [0, 0.1) is 10.1 Å². The SMILES string of the molecule is O=[N+]([O-])c1c(Sc2nnc3n2CCCCC3)nc2ccccn12. The van der Waals surface area contributed by atoms with E-state index in [-0.39, 0.29) is 5.82 Å².